The Kier molecular flexibility index (Phi) is 6.57. The molecule has 15 heteroatoms. The van der Waals surface area contributed by atoms with E-state index in [2.05, 4.69) is 19.9 Å². The monoisotopic (exact) mass is 524 g/mol. The first kappa shape index (κ1) is 24.5. The van der Waals surface area contributed by atoms with E-state index in [9.17, 15) is 14.8 Å². The Bertz CT molecular complexity index is 1280. The molecule has 2 unspecified atom stereocenters. The molecule has 0 spiro atoms. The van der Waals surface area contributed by atoms with Gasteiger partial charge in [-0.25, -0.2) is 24.5 Å². The molecule has 0 radical (unpaired) electrons. The molecule has 0 aliphatic carbocycles. The zero-order chi connectivity index (χ0) is 24.8. The molecule has 2 aliphatic heterocycles. The maximum Gasteiger partial charge on any atom is 0.475 e. The largest absolute Gasteiger partial charge is 0.475 e. The molecule has 0 amide bonds. The van der Waals surface area contributed by atoms with E-state index in [1.54, 1.807) is 12.3 Å². The number of aliphatic hydroxyl groups excluding tert-OH is 1. The summed E-state index contributed by atoms with van der Waals surface area (Å²) in [5.74, 6) is 0.171. The summed E-state index contributed by atoms with van der Waals surface area (Å²) in [6.45, 7) is 1.22. The Labute approximate surface area is 204 Å². The average Bonchev–Trinajstić information content (AvgIpc) is 3.37. The molecule has 5 rings (SSSR count). The van der Waals surface area contributed by atoms with Crippen molar-refractivity contribution in [2.45, 2.75) is 48.5 Å². The number of hydrogen-bond acceptors (Lipinski definition) is 13. The fourth-order valence-corrected chi connectivity index (χ4v) is 5.94. The molecule has 0 bridgehead atoms. The van der Waals surface area contributed by atoms with Gasteiger partial charge in [-0.15, -0.1) is 11.8 Å². The third-order valence-corrected chi connectivity index (χ3v) is 8.14. The standard InChI is InChI=1S/C20H25N6O7PS/c1-20(28)16(27)13(32-19(20)26-10-25-15-17(21)23-9-24-18(15)26)8-31-34(29)30-6-4-12(33-34)11-3-5-22-14(7-11)35-2/h3,5,7,9-10,12-13,16,19,27-28H,4,6,8H2,1-2H3,(H2,21,23,24)/t12?,13-,16-,19-,20-,34?/m1/s1. The minimum atomic E-state index is -3.96. The molecule has 3 aromatic heterocycles. The van der Waals surface area contributed by atoms with Crippen molar-refractivity contribution in [3.05, 3.63) is 36.5 Å². The van der Waals surface area contributed by atoms with Gasteiger partial charge >= 0.3 is 7.82 Å². The van der Waals surface area contributed by atoms with Crippen molar-refractivity contribution in [1.82, 2.24) is 24.5 Å². The molecule has 13 nitrogen and oxygen atoms in total. The number of aromatic nitrogens is 5. The van der Waals surface area contributed by atoms with Crippen molar-refractivity contribution in [2.24, 2.45) is 0 Å². The SMILES string of the molecule is CSc1cc(C2CCOP(=O)(OC[C@H]3O[C@@H](n4cnc5c(N)ncnc54)[C@](C)(O)[C@@H]3O)O2)ccn1. The van der Waals surface area contributed by atoms with Crippen LogP contribution in [0.25, 0.3) is 11.2 Å². The van der Waals surface area contributed by atoms with Gasteiger partial charge in [0.05, 0.1) is 30.7 Å². The molecule has 2 saturated heterocycles. The van der Waals surface area contributed by atoms with Gasteiger partial charge in [0.15, 0.2) is 17.7 Å². The number of thioether (sulfide) groups is 1. The minimum absolute atomic E-state index is 0.162. The van der Waals surface area contributed by atoms with Crippen molar-refractivity contribution in [1.29, 1.82) is 0 Å². The molecule has 5 heterocycles. The first-order valence-electron chi connectivity index (χ1n) is 10.8. The normalized spacial score (nSPS) is 33.4. The minimum Gasteiger partial charge on any atom is -0.387 e. The van der Waals surface area contributed by atoms with Gasteiger partial charge in [-0.1, -0.05) is 0 Å². The van der Waals surface area contributed by atoms with Crippen molar-refractivity contribution >= 4 is 36.6 Å². The first-order valence-corrected chi connectivity index (χ1v) is 13.5. The molecule has 2 aliphatic rings. The second-order valence-electron chi connectivity index (χ2n) is 8.37. The topological polar surface area (TPSA) is 177 Å². The second kappa shape index (κ2) is 9.37. The molecular weight excluding hydrogens is 499 g/mol. The number of imidazole rings is 1. The van der Waals surface area contributed by atoms with E-state index in [4.69, 9.17) is 24.0 Å². The van der Waals surface area contributed by atoms with E-state index in [-0.39, 0.29) is 19.0 Å². The molecule has 4 N–H and O–H groups in total. The zero-order valence-corrected chi connectivity index (χ0v) is 20.6. The summed E-state index contributed by atoms with van der Waals surface area (Å²) < 4.78 is 37.1. The Morgan fingerprint density at radius 1 is 1.37 bits per heavy atom. The number of fused-ring (bicyclic) bond motifs is 1. The van der Waals surface area contributed by atoms with Crippen LogP contribution >= 0.6 is 19.6 Å². The molecule has 2 fully saturated rings. The summed E-state index contributed by atoms with van der Waals surface area (Å²) in [7, 11) is -3.96. The molecule has 3 aromatic rings. The van der Waals surface area contributed by atoms with Crippen molar-refractivity contribution in [2.75, 3.05) is 25.2 Å². The van der Waals surface area contributed by atoms with E-state index < -0.39 is 38.0 Å². The van der Waals surface area contributed by atoms with Crippen LogP contribution in [0.3, 0.4) is 0 Å². The highest BCUT2D eigenvalue weighted by Crippen LogP contribution is 2.57. The number of nitrogens with two attached hydrogens (primary N) is 1. The van der Waals surface area contributed by atoms with Gasteiger partial charge in [-0.3, -0.25) is 18.1 Å². The van der Waals surface area contributed by atoms with E-state index in [1.165, 1.54) is 35.9 Å². The second-order valence-corrected chi connectivity index (χ2v) is 10.8. The summed E-state index contributed by atoms with van der Waals surface area (Å²) in [4.78, 5) is 16.5. The summed E-state index contributed by atoms with van der Waals surface area (Å²) in [6.07, 6.45) is 2.70. The lowest BCUT2D eigenvalue weighted by atomic mass is 9.96. The lowest BCUT2D eigenvalue weighted by Crippen LogP contribution is -2.44. The summed E-state index contributed by atoms with van der Waals surface area (Å²) in [5, 5.41) is 22.6. The van der Waals surface area contributed by atoms with Crippen LogP contribution in [0.1, 0.15) is 31.2 Å². The molecule has 0 aromatic carbocycles. The van der Waals surface area contributed by atoms with Crippen molar-refractivity contribution < 1.29 is 33.1 Å². The Hall–Kier alpha value is -2.16. The van der Waals surface area contributed by atoms with Crippen LogP contribution < -0.4 is 5.73 Å². The fraction of sp³-hybridized carbons (Fsp3) is 0.500. The van der Waals surface area contributed by atoms with Crippen LogP contribution in [-0.2, 0) is 22.9 Å². The number of nitrogens with zero attached hydrogens (tertiary/aromatic N) is 5. The summed E-state index contributed by atoms with van der Waals surface area (Å²) >= 11 is 1.49. The number of phosphoric acid groups is 1. The van der Waals surface area contributed by atoms with Crippen LogP contribution in [0.5, 0.6) is 0 Å². The van der Waals surface area contributed by atoms with Crippen molar-refractivity contribution in [3.63, 3.8) is 0 Å². The van der Waals surface area contributed by atoms with Crippen LogP contribution in [0.4, 0.5) is 5.82 Å². The maximum absolute atomic E-state index is 13.2. The van der Waals surface area contributed by atoms with Gasteiger partial charge in [0.2, 0.25) is 0 Å². The van der Waals surface area contributed by atoms with Gasteiger partial charge in [0.25, 0.3) is 0 Å². The number of phosphoric ester groups is 1. The predicted octanol–water partition coefficient (Wildman–Crippen LogP) is 1.84. The van der Waals surface area contributed by atoms with Gasteiger partial charge in [-0.05, 0) is 30.9 Å². The lowest BCUT2D eigenvalue weighted by Gasteiger charge is -2.30. The summed E-state index contributed by atoms with van der Waals surface area (Å²) in [6, 6.07) is 3.65. The fourth-order valence-electron chi connectivity index (χ4n) is 4.13. The third kappa shape index (κ3) is 4.56. The highest BCUT2D eigenvalue weighted by Gasteiger charge is 2.54. The highest BCUT2D eigenvalue weighted by atomic mass is 32.2. The molecule has 0 saturated carbocycles. The van der Waals surface area contributed by atoms with E-state index >= 15 is 0 Å². The number of nitrogen functional groups attached to an aromatic ring is 1. The Morgan fingerprint density at radius 3 is 3.00 bits per heavy atom. The number of pyridine rings is 1. The van der Waals surface area contributed by atoms with Gasteiger partial charge in [0, 0.05) is 12.6 Å². The number of aliphatic hydroxyl groups is 2. The number of ether oxygens (including phenoxy) is 1. The number of hydrogen-bond donors (Lipinski definition) is 3. The van der Waals surface area contributed by atoms with Crippen LogP contribution in [0.2, 0.25) is 0 Å². The van der Waals surface area contributed by atoms with E-state index in [1.807, 2.05) is 12.3 Å². The average molecular weight is 524 g/mol. The van der Waals surface area contributed by atoms with Gasteiger partial charge in [0.1, 0.15) is 29.7 Å². The Balaban J connectivity index is 1.30. The number of rotatable bonds is 6. The van der Waals surface area contributed by atoms with Crippen LogP contribution in [0.15, 0.2) is 36.0 Å². The molecule has 188 valence electrons. The van der Waals surface area contributed by atoms with Crippen LogP contribution in [0, 0.1) is 0 Å². The quantitative estimate of drug-likeness (QED) is 0.315. The van der Waals surface area contributed by atoms with Gasteiger partial charge < -0.3 is 20.7 Å². The van der Waals surface area contributed by atoms with Crippen LogP contribution in [-0.4, -0.2) is 72.0 Å². The molecule has 6 atom stereocenters. The van der Waals surface area contributed by atoms with E-state index in [0.717, 1.165) is 10.6 Å². The maximum atomic E-state index is 13.2. The number of anilines is 1. The molecule has 35 heavy (non-hydrogen) atoms. The van der Waals surface area contributed by atoms with E-state index in [0.29, 0.717) is 17.6 Å². The van der Waals surface area contributed by atoms with Crippen molar-refractivity contribution in [3.8, 4) is 0 Å². The molecular formula is C20H25N6O7PS. The third-order valence-electron chi connectivity index (χ3n) is 6.02. The lowest BCUT2D eigenvalue weighted by molar-refractivity contribution is -0.0953. The first-order chi connectivity index (χ1) is 16.7. The Morgan fingerprint density at radius 2 is 2.20 bits per heavy atom. The summed E-state index contributed by atoms with van der Waals surface area (Å²) in [5.41, 5.74) is 5.56. The van der Waals surface area contributed by atoms with Gasteiger partial charge in [-0.2, -0.15) is 0 Å². The smallest absolute Gasteiger partial charge is 0.387 e. The zero-order valence-electron chi connectivity index (χ0n) is 18.9. The highest BCUT2D eigenvalue weighted by molar-refractivity contribution is 7.98. The predicted molar refractivity (Wildman–Crippen MR) is 124 cm³/mol.